The zero-order chi connectivity index (χ0) is 23.8. The molecule has 4 aliphatic carbocycles. The summed E-state index contributed by atoms with van der Waals surface area (Å²) in [6, 6.07) is 0. The van der Waals surface area contributed by atoms with Gasteiger partial charge < -0.3 is 18.6 Å². The molecule has 0 aromatic rings. The lowest BCUT2D eigenvalue weighted by Crippen LogP contribution is -2.65. The van der Waals surface area contributed by atoms with Crippen LogP contribution in [0.25, 0.3) is 0 Å². The lowest BCUT2D eigenvalue weighted by atomic mass is 9.44. The number of hydrogen-bond acceptors (Lipinski definition) is 4. The minimum absolute atomic E-state index is 0.0971. The topological polar surface area (TPSA) is 40.2 Å². The van der Waals surface area contributed by atoms with Crippen LogP contribution < -0.4 is 0 Å². The summed E-state index contributed by atoms with van der Waals surface area (Å²) >= 11 is 0. The van der Waals surface area contributed by atoms with Crippen LogP contribution in [-0.4, -0.2) is 44.6 Å². The summed E-state index contributed by atoms with van der Waals surface area (Å²) in [5.74, 6) is 1.87. The van der Waals surface area contributed by atoms with E-state index in [1.165, 1.54) is 38.5 Å². The van der Waals surface area contributed by atoms with Crippen LogP contribution in [0.1, 0.15) is 87.0 Å². The molecule has 0 aromatic carbocycles. The van der Waals surface area contributed by atoms with E-state index >= 15 is 0 Å². The lowest BCUT2D eigenvalue weighted by molar-refractivity contribution is -0.172. The zero-order valence-corrected chi connectivity index (χ0v) is 23.6. The van der Waals surface area contributed by atoms with E-state index in [0.717, 1.165) is 0 Å². The highest BCUT2D eigenvalue weighted by Crippen LogP contribution is 2.73. The Bertz CT molecular complexity index is 819. The van der Waals surface area contributed by atoms with Gasteiger partial charge in [0.15, 0.2) is 14.1 Å². The van der Waals surface area contributed by atoms with Crippen molar-refractivity contribution in [3.63, 3.8) is 0 Å². The van der Waals surface area contributed by atoms with Crippen LogP contribution in [0.3, 0.4) is 0 Å². The monoisotopic (exact) mass is 476 g/mol. The molecule has 5 heteroatoms. The average molecular weight is 477 g/mol. The molecule has 2 aliphatic heterocycles. The second-order valence-corrected chi connectivity index (χ2v) is 19.7. The first-order valence-electron chi connectivity index (χ1n) is 13.9. The van der Waals surface area contributed by atoms with Crippen LogP contribution in [0.2, 0.25) is 18.1 Å². The minimum Gasteiger partial charge on any atom is -0.413 e. The first-order valence-corrected chi connectivity index (χ1v) is 16.8. The van der Waals surface area contributed by atoms with Gasteiger partial charge in [0.1, 0.15) is 0 Å². The molecular formula is C28H48O4Si. The molecule has 11 atom stereocenters. The van der Waals surface area contributed by atoms with Crippen LogP contribution in [0, 0.1) is 34.5 Å². The smallest absolute Gasteiger partial charge is 0.192 e. The van der Waals surface area contributed by atoms with Crippen LogP contribution in [0.5, 0.6) is 0 Å². The van der Waals surface area contributed by atoms with Crippen molar-refractivity contribution in [1.29, 1.82) is 0 Å². The molecule has 0 aromatic heterocycles. The van der Waals surface area contributed by atoms with E-state index < -0.39 is 14.1 Å². The van der Waals surface area contributed by atoms with Crippen LogP contribution in [-0.2, 0) is 18.6 Å². The van der Waals surface area contributed by atoms with Gasteiger partial charge in [0.2, 0.25) is 0 Å². The van der Waals surface area contributed by atoms with Gasteiger partial charge >= 0.3 is 0 Å². The Morgan fingerprint density at radius 3 is 2.24 bits per heavy atom. The largest absolute Gasteiger partial charge is 0.413 e. The minimum atomic E-state index is -1.85. The molecule has 0 N–H and O–H groups in total. The summed E-state index contributed by atoms with van der Waals surface area (Å²) in [4.78, 5) is 0. The molecular weight excluding hydrogens is 428 g/mol. The summed E-state index contributed by atoms with van der Waals surface area (Å²) in [5.41, 5.74) is 0.410. The number of rotatable bonds is 2. The number of epoxide rings is 1. The van der Waals surface area contributed by atoms with Crippen molar-refractivity contribution < 1.29 is 18.6 Å². The predicted octanol–water partition coefficient (Wildman–Crippen LogP) is 6.54. The third-order valence-electron chi connectivity index (χ3n) is 11.9. The normalized spacial score (nSPS) is 54.6. The molecule has 0 bridgehead atoms. The van der Waals surface area contributed by atoms with E-state index in [1.807, 2.05) is 0 Å². The summed E-state index contributed by atoms with van der Waals surface area (Å²) < 4.78 is 27.5. The van der Waals surface area contributed by atoms with Gasteiger partial charge in [-0.2, -0.15) is 0 Å². The fraction of sp³-hybridized carbons (Fsp3) is 1.00. The van der Waals surface area contributed by atoms with Gasteiger partial charge in [0.05, 0.1) is 30.5 Å². The highest BCUT2D eigenvalue weighted by atomic mass is 28.4. The Morgan fingerprint density at radius 2 is 1.55 bits per heavy atom. The Balaban J connectivity index is 1.39. The van der Waals surface area contributed by atoms with Crippen LogP contribution >= 0.6 is 0 Å². The number of hydrogen-bond donors (Lipinski definition) is 0. The highest BCUT2D eigenvalue weighted by molar-refractivity contribution is 6.74. The Kier molecular flexibility index (Phi) is 4.89. The van der Waals surface area contributed by atoms with E-state index in [4.69, 9.17) is 18.6 Å². The summed E-state index contributed by atoms with van der Waals surface area (Å²) in [6.07, 6.45) is 9.24. The van der Waals surface area contributed by atoms with Gasteiger partial charge in [0, 0.05) is 5.41 Å². The molecule has 2 heterocycles. The van der Waals surface area contributed by atoms with Gasteiger partial charge in [-0.3, -0.25) is 0 Å². The van der Waals surface area contributed by atoms with E-state index in [-0.39, 0.29) is 22.7 Å². The molecule has 2 saturated heterocycles. The van der Waals surface area contributed by atoms with Crippen molar-refractivity contribution in [2.45, 2.75) is 141 Å². The molecule has 0 radical (unpaired) electrons. The van der Waals surface area contributed by atoms with E-state index in [0.29, 0.717) is 47.4 Å². The molecule has 4 saturated carbocycles. The highest BCUT2D eigenvalue weighted by Gasteiger charge is 2.78. The standard InChI is InChI=1S/C28H48O4Si/c1-25(2,3)33(8,9)32-18-14-13-16-19-20(23-24(29-23)28(16,18)7)27(6)15-11-10-12-17(27)21-22(19)31-26(4,5)30-21/h16-24H,10-15H2,1-9H3/t16?,17?,18-,19?,20?,21+,22+,23-,24-,27-,28-/m0/s1. The van der Waals surface area contributed by atoms with Crippen molar-refractivity contribution in [2.24, 2.45) is 34.5 Å². The first-order chi connectivity index (χ1) is 15.2. The fourth-order valence-electron chi connectivity index (χ4n) is 9.29. The SMILES string of the molecule is CC1(C)O[C@@H]2C3C([C@@H]4O[C@@H]4[C@@]4(C)C3CC[C@@H]4O[Si](C)(C)C(C)(C)C)[C@@]3(C)CCCCC3[C@H]2O1. The van der Waals surface area contributed by atoms with Crippen LogP contribution in [0.15, 0.2) is 0 Å². The van der Waals surface area contributed by atoms with Gasteiger partial charge in [-0.15, -0.1) is 0 Å². The van der Waals surface area contributed by atoms with Crippen LogP contribution in [0.4, 0.5) is 0 Å². The number of fused-ring (bicyclic) bond motifs is 11. The summed E-state index contributed by atoms with van der Waals surface area (Å²) in [7, 11) is -1.85. The third kappa shape index (κ3) is 3.07. The Morgan fingerprint density at radius 1 is 0.848 bits per heavy atom. The molecule has 4 nitrogen and oxygen atoms in total. The molecule has 6 fully saturated rings. The molecule has 6 aliphatic rings. The maximum atomic E-state index is 7.18. The quantitative estimate of drug-likeness (QED) is 0.335. The van der Waals surface area contributed by atoms with Gasteiger partial charge in [0.25, 0.3) is 0 Å². The third-order valence-corrected chi connectivity index (χ3v) is 16.4. The van der Waals surface area contributed by atoms with Gasteiger partial charge in [-0.1, -0.05) is 47.5 Å². The van der Waals surface area contributed by atoms with Crippen molar-refractivity contribution >= 4 is 8.32 Å². The maximum Gasteiger partial charge on any atom is 0.192 e. The van der Waals surface area contributed by atoms with Gasteiger partial charge in [-0.05, 0) is 86.7 Å². The van der Waals surface area contributed by atoms with Crippen molar-refractivity contribution in [3.8, 4) is 0 Å². The van der Waals surface area contributed by atoms with E-state index in [1.54, 1.807) is 0 Å². The van der Waals surface area contributed by atoms with Crippen molar-refractivity contribution in [2.75, 3.05) is 0 Å². The molecule has 4 unspecified atom stereocenters. The molecule has 188 valence electrons. The number of ether oxygens (including phenoxy) is 3. The summed E-state index contributed by atoms with van der Waals surface area (Å²) in [5, 5.41) is 0.230. The average Bonchev–Trinajstić information content (AvgIpc) is 3.33. The van der Waals surface area contributed by atoms with E-state index in [2.05, 4.69) is 61.6 Å². The first kappa shape index (κ1) is 23.5. The maximum absolute atomic E-state index is 7.18. The summed E-state index contributed by atoms with van der Waals surface area (Å²) in [6.45, 7) is 21.3. The lowest BCUT2D eigenvalue weighted by Gasteiger charge is -2.61. The molecule has 6 rings (SSSR count). The second-order valence-electron chi connectivity index (χ2n) is 15.0. The van der Waals surface area contributed by atoms with Gasteiger partial charge in [-0.25, -0.2) is 0 Å². The fourth-order valence-corrected chi connectivity index (χ4v) is 10.7. The predicted molar refractivity (Wildman–Crippen MR) is 132 cm³/mol. The second kappa shape index (κ2) is 6.88. The van der Waals surface area contributed by atoms with Crippen molar-refractivity contribution in [1.82, 2.24) is 0 Å². The Hall–Kier alpha value is 0.0569. The van der Waals surface area contributed by atoms with E-state index in [9.17, 15) is 0 Å². The van der Waals surface area contributed by atoms with Crippen molar-refractivity contribution in [3.05, 3.63) is 0 Å². The zero-order valence-electron chi connectivity index (χ0n) is 22.6. The molecule has 0 spiro atoms. The molecule has 33 heavy (non-hydrogen) atoms. The molecule has 0 amide bonds. The Labute approximate surface area is 203 Å².